The van der Waals surface area contributed by atoms with E-state index in [9.17, 15) is 9.18 Å². The van der Waals surface area contributed by atoms with E-state index in [1.165, 1.54) is 12.1 Å². The highest BCUT2D eigenvalue weighted by molar-refractivity contribution is 6.08. The quantitative estimate of drug-likeness (QED) is 0.319. The lowest BCUT2D eigenvalue weighted by Crippen LogP contribution is -2.04. The number of imidazole rings is 2. The molecule has 0 amide bonds. The van der Waals surface area contributed by atoms with E-state index in [0.717, 1.165) is 33.5 Å². The predicted octanol–water partition coefficient (Wildman–Crippen LogP) is 5.22. The van der Waals surface area contributed by atoms with Crippen LogP contribution in [0.25, 0.3) is 39.1 Å². The molecule has 8 heteroatoms. The van der Waals surface area contributed by atoms with Crippen LogP contribution in [0.5, 0.6) is 0 Å². The van der Waals surface area contributed by atoms with Crippen molar-refractivity contribution in [1.29, 1.82) is 0 Å². The Morgan fingerprint density at radius 3 is 2.67 bits per heavy atom. The zero-order valence-corrected chi connectivity index (χ0v) is 19.7. The summed E-state index contributed by atoms with van der Waals surface area (Å²) in [5, 5.41) is 6.57. The van der Waals surface area contributed by atoms with Crippen LogP contribution in [0.2, 0.25) is 0 Å². The van der Waals surface area contributed by atoms with E-state index in [-0.39, 0.29) is 18.0 Å². The standard InChI is InChI=1S/C28H21FN6O/c1-17-31-27(18-6-8-20(29)9-7-18)28(34(17)2)24-10-11-26-32-21(16-35(26)33-24)14-25(36)23-5-3-4-19-15-30-13-12-22(19)23/h3-13,15-16H,14H2,1-2H3. The van der Waals surface area contributed by atoms with E-state index in [1.54, 1.807) is 35.2 Å². The number of nitrogens with zero attached hydrogens (tertiary/aromatic N) is 6. The summed E-state index contributed by atoms with van der Waals surface area (Å²) in [6, 6.07) is 17.5. The molecule has 0 radical (unpaired) electrons. The molecular formula is C28H21FN6O. The maximum absolute atomic E-state index is 13.5. The van der Waals surface area contributed by atoms with Gasteiger partial charge in [-0.2, -0.15) is 5.10 Å². The number of rotatable bonds is 5. The molecule has 36 heavy (non-hydrogen) atoms. The Balaban J connectivity index is 1.36. The van der Waals surface area contributed by atoms with Gasteiger partial charge < -0.3 is 4.57 Å². The molecule has 0 aliphatic rings. The number of aryl methyl sites for hydroxylation is 1. The van der Waals surface area contributed by atoms with Crippen LogP contribution in [0.15, 0.2) is 79.3 Å². The predicted molar refractivity (Wildman–Crippen MR) is 135 cm³/mol. The van der Waals surface area contributed by atoms with Gasteiger partial charge in [-0.25, -0.2) is 18.9 Å². The molecule has 6 aromatic rings. The molecule has 2 aromatic carbocycles. The average molecular weight is 477 g/mol. The summed E-state index contributed by atoms with van der Waals surface area (Å²) in [6.07, 6.45) is 5.38. The van der Waals surface area contributed by atoms with Gasteiger partial charge in [0, 0.05) is 36.0 Å². The highest BCUT2D eigenvalue weighted by Gasteiger charge is 2.19. The Kier molecular flexibility index (Phi) is 5.14. The highest BCUT2D eigenvalue weighted by atomic mass is 19.1. The number of carbonyl (C=O) groups excluding carboxylic acids is 1. The van der Waals surface area contributed by atoms with Gasteiger partial charge in [0.1, 0.15) is 17.3 Å². The van der Waals surface area contributed by atoms with Crippen molar-refractivity contribution in [1.82, 2.24) is 29.1 Å². The fourth-order valence-corrected chi connectivity index (χ4v) is 4.48. The van der Waals surface area contributed by atoms with Crippen LogP contribution < -0.4 is 0 Å². The lowest BCUT2D eigenvalue weighted by molar-refractivity contribution is 0.0993. The summed E-state index contributed by atoms with van der Waals surface area (Å²) in [5.41, 5.74) is 4.97. The zero-order valence-electron chi connectivity index (χ0n) is 19.7. The number of pyridine rings is 1. The number of benzene rings is 2. The van der Waals surface area contributed by atoms with Gasteiger partial charge in [-0.1, -0.05) is 18.2 Å². The molecular weight excluding hydrogens is 455 g/mol. The van der Waals surface area contributed by atoms with Crippen LogP contribution in [-0.4, -0.2) is 34.9 Å². The molecule has 0 fully saturated rings. The second kappa shape index (κ2) is 8.49. The van der Waals surface area contributed by atoms with Crippen molar-refractivity contribution in [2.75, 3.05) is 0 Å². The Morgan fingerprint density at radius 2 is 1.83 bits per heavy atom. The molecule has 0 aliphatic carbocycles. The van der Waals surface area contributed by atoms with Gasteiger partial charge >= 0.3 is 0 Å². The van der Waals surface area contributed by atoms with E-state index < -0.39 is 0 Å². The van der Waals surface area contributed by atoms with Gasteiger partial charge in [-0.15, -0.1) is 0 Å². The Labute approximate surface area is 205 Å². The third-order valence-electron chi connectivity index (χ3n) is 6.37. The SMILES string of the molecule is Cc1nc(-c2ccc(F)cc2)c(-c2ccc3nc(CC(=O)c4cccc5cnccc45)cn3n2)n1C. The minimum atomic E-state index is -0.298. The van der Waals surface area contributed by atoms with Gasteiger partial charge in [-0.05, 0) is 54.8 Å². The number of carbonyl (C=O) groups is 1. The van der Waals surface area contributed by atoms with Crippen molar-refractivity contribution in [2.45, 2.75) is 13.3 Å². The first-order valence-corrected chi connectivity index (χ1v) is 11.5. The van der Waals surface area contributed by atoms with Crippen LogP contribution in [0, 0.1) is 12.7 Å². The van der Waals surface area contributed by atoms with Gasteiger partial charge in [0.2, 0.25) is 0 Å². The van der Waals surface area contributed by atoms with Gasteiger partial charge in [0.25, 0.3) is 0 Å². The molecule has 0 unspecified atom stereocenters. The third kappa shape index (κ3) is 3.73. The molecule has 0 saturated carbocycles. The first-order chi connectivity index (χ1) is 17.5. The Bertz CT molecular complexity index is 1760. The summed E-state index contributed by atoms with van der Waals surface area (Å²) in [6.45, 7) is 1.92. The lowest BCUT2D eigenvalue weighted by atomic mass is 10.0. The van der Waals surface area contributed by atoms with Crippen molar-refractivity contribution >= 4 is 22.2 Å². The summed E-state index contributed by atoms with van der Waals surface area (Å²) in [4.78, 5) is 26.6. The van der Waals surface area contributed by atoms with Crippen molar-refractivity contribution < 1.29 is 9.18 Å². The molecule has 7 nitrogen and oxygen atoms in total. The molecule has 0 N–H and O–H groups in total. The van der Waals surface area contributed by atoms with Gasteiger partial charge in [0.15, 0.2) is 11.4 Å². The zero-order chi connectivity index (χ0) is 24.8. The van der Waals surface area contributed by atoms with Crippen molar-refractivity contribution in [3.05, 3.63) is 102 Å². The van der Waals surface area contributed by atoms with Crippen LogP contribution >= 0.6 is 0 Å². The molecule has 0 atom stereocenters. The number of Topliss-reactive ketones (excluding diaryl/α,β-unsaturated/α-hetero) is 1. The Morgan fingerprint density at radius 1 is 1.00 bits per heavy atom. The monoisotopic (exact) mass is 476 g/mol. The van der Waals surface area contributed by atoms with Gasteiger partial charge in [-0.3, -0.25) is 9.78 Å². The number of halogens is 1. The van der Waals surface area contributed by atoms with E-state index in [2.05, 4.69) is 9.97 Å². The molecule has 0 bridgehead atoms. The van der Waals surface area contributed by atoms with E-state index in [0.29, 0.717) is 22.6 Å². The van der Waals surface area contributed by atoms with Crippen LogP contribution in [0.1, 0.15) is 21.9 Å². The minimum absolute atomic E-state index is 0.0173. The normalized spacial score (nSPS) is 11.4. The number of ketones is 1. The van der Waals surface area contributed by atoms with E-state index >= 15 is 0 Å². The molecule has 0 saturated heterocycles. The number of hydrogen-bond acceptors (Lipinski definition) is 5. The van der Waals surface area contributed by atoms with Crippen molar-refractivity contribution in [2.24, 2.45) is 7.05 Å². The molecule has 0 aliphatic heterocycles. The summed E-state index contributed by atoms with van der Waals surface area (Å²) >= 11 is 0. The largest absolute Gasteiger partial charge is 0.330 e. The summed E-state index contributed by atoms with van der Waals surface area (Å²) in [5.74, 6) is 0.498. The van der Waals surface area contributed by atoms with E-state index in [1.807, 2.05) is 54.9 Å². The molecule has 6 rings (SSSR count). The maximum Gasteiger partial charge on any atom is 0.169 e. The fourth-order valence-electron chi connectivity index (χ4n) is 4.48. The van der Waals surface area contributed by atoms with Crippen LogP contribution in [-0.2, 0) is 13.5 Å². The highest BCUT2D eigenvalue weighted by Crippen LogP contribution is 2.31. The number of fused-ring (bicyclic) bond motifs is 2. The second-order valence-corrected chi connectivity index (χ2v) is 8.68. The average Bonchev–Trinajstić information content (AvgIpc) is 3.43. The molecule has 4 aromatic heterocycles. The Hall–Kier alpha value is -4.72. The van der Waals surface area contributed by atoms with E-state index in [4.69, 9.17) is 10.1 Å². The minimum Gasteiger partial charge on any atom is -0.330 e. The molecule has 176 valence electrons. The van der Waals surface area contributed by atoms with Crippen LogP contribution in [0.3, 0.4) is 0 Å². The van der Waals surface area contributed by atoms with Crippen LogP contribution in [0.4, 0.5) is 4.39 Å². The number of aromatic nitrogens is 6. The first kappa shape index (κ1) is 21.8. The van der Waals surface area contributed by atoms with Gasteiger partial charge in [0.05, 0.1) is 29.7 Å². The lowest BCUT2D eigenvalue weighted by Gasteiger charge is -2.07. The number of hydrogen-bond donors (Lipinski definition) is 0. The summed E-state index contributed by atoms with van der Waals surface area (Å²) in [7, 11) is 1.92. The van der Waals surface area contributed by atoms with Crippen molar-refractivity contribution in [3.8, 4) is 22.6 Å². The topological polar surface area (TPSA) is 78.0 Å². The fraction of sp³-hybridized carbons (Fsp3) is 0.107. The van der Waals surface area contributed by atoms with Crippen molar-refractivity contribution in [3.63, 3.8) is 0 Å². The second-order valence-electron chi connectivity index (χ2n) is 8.68. The first-order valence-electron chi connectivity index (χ1n) is 11.5. The third-order valence-corrected chi connectivity index (χ3v) is 6.37. The smallest absolute Gasteiger partial charge is 0.169 e. The summed E-state index contributed by atoms with van der Waals surface area (Å²) < 4.78 is 17.1. The maximum atomic E-state index is 13.5. The molecule has 4 heterocycles. The molecule has 0 spiro atoms.